The van der Waals surface area contributed by atoms with Crippen LogP contribution in [0.25, 0.3) is 10.2 Å². The van der Waals surface area contributed by atoms with Crippen LogP contribution < -0.4 is 10.8 Å². The van der Waals surface area contributed by atoms with Crippen LogP contribution in [-0.4, -0.2) is 29.2 Å². The lowest BCUT2D eigenvalue weighted by molar-refractivity contribution is 0.0170. The topological polar surface area (TPSA) is 83.5 Å². The van der Waals surface area contributed by atoms with E-state index in [1.807, 2.05) is 29.5 Å². The largest absolute Gasteiger partial charge is 0.394 e. The van der Waals surface area contributed by atoms with Crippen molar-refractivity contribution in [3.8, 4) is 0 Å². The third kappa shape index (κ3) is 4.11. The number of halogens is 2. The van der Waals surface area contributed by atoms with Gasteiger partial charge >= 0.3 is 0 Å². The van der Waals surface area contributed by atoms with Gasteiger partial charge in [0.15, 0.2) is 0 Å². The molecule has 0 fully saturated rings. The number of rotatable bonds is 6. The number of nitrogens with one attached hydrogen (secondary N) is 2. The van der Waals surface area contributed by atoms with Crippen molar-refractivity contribution >= 4 is 60.7 Å². The molecule has 0 radical (unpaired) electrons. The fourth-order valence-electron chi connectivity index (χ4n) is 2.31. The van der Waals surface area contributed by atoms with Gasteiger partial charge in [-0.3, -0.25) is 9.63 Å². The van der Waals surface area contributed by atoms with Crippen molar-refractivity contribution in [3.63, 3.8) is 0 Å². The first-order valence-electron chi connectivity index (χ1n) is 7.65. The molecular weight excluding hydrogens is 472 g/mol. The van der Waals surface area contributed by atoms with Crippen LogP contribution in [0, 0.1) is 16.3 Å². The number of hydroxylamine groups is 1. The van der Waals surface area contributed by atoms with Gasteiger partial charge in [0, 0.05) is 14.7 Å². The minimum Gasteiger partial charge on any atom is -0.394 e. The molecule has 0 aliphatic heterocycles. The number of carbonyl (C=O) groups excluding carboxylic acids is 1. The van der Waals surface area contributed by atoms with Crippen molar-refractivity contribution in [2.75, 3.05) is 18.5 Å². The predicted octanol–water partition coefficient (Wildman–Crippen LogP) is 3.75. The Balaban J connectivity index is 2.02. The molecule has 0 unspecified atom stereocenters. The van der Waals surface area contributed by atoms with Crippen molar-refractivity contribution in [2.24, 2.45) is 0 Å². The number of carbonyl (C=O) groups is 1. The molecule has 3 rings (SSSR count). The number of amides is 1. The normalized spacial score (nSPS) is 10.9. The van der Waals surface area contributed by atoms with Gasteiger partial charge in [-0.2, -0.15) is 0 Å². The highest BCUT2D eigenvalue weighted by atomic mass is 127. The number of aromatic nitrogens is 1. The summed E-state index contributed by atoms with van der Waals surface area (Å²) in [5.41, 5.74) is 3.68. The highest BCUT2D eigenvalue weighted by Gasteiger charge is 2.21. The van der Waals surface area contributed by atoms with Gasteiger partial charge in [0.2, 0.25) is 0 Å². The van der Waals surface area contributed by atoms with Gasteiger partial charge < -0.3 is 10.4 Å². The summed E-state index contributed by atoms with van der Waals surface area (Å²) < 4.78 is 15.0. The van der Waals surface area contributed by atoms with Crippen LogP contribution >= 0.6 is 33.9 Å². The summed E-state index contributed by atoms with van der Waals surface area (Å²) in [7, 11) is 0. The van der Waals surface area contributed by atoms with Crippen molar-refractivity contribution in [3.05, 3.63) is 51.0 Å². The van der Waals surface area contributed by atoms with E-state index in [0.717, 1.165) is 9.26 Å². The first-order chi connectivity index (χ1) is 12.5. The molecule has 1 aromatic carbocycles. The maximum Gasteiger partial charge on any atom is 0.278 e. The van der Waals surface area contributed by atoms with Crippen LogP contribution in [0.2, 0.25) is 0 Å². The molecule has 2 heterocycles. The van der Waals surface area contributed by atoms with Gasteiger partial charge in [0.1, 0.15) is 15.6 Å². The summed E-state index contributed by atoms with van der Waals surface area (Å²) in [6.07, 6.45) is 0. The molecule has 3 N–H and O–H groups in total. The molecular formula is C17H15FIN3O3S. The first-order valence-corrected chi connectivity index (χ1v) is 9.54. The minimum atomic E-state index is -0.497. The summed E-state index contributed by atoms with van der Waals surface area (Å²) in [6, 6.07) is 8.39. The number of benzene rings is 1. The first kappa shape index (κ1) is 19.0. The number of aliphatic hydroxyl groups is 1. The molecule has 0 aliphatic carbocycles. The van der Waals surface area contributed by atoms with E-state index in [2.05, 4.69) is 15.8 Å². The molecule has 1 amide bonds. The number of anilines is 2. The average Bonchev–Trinajstić information content (AvgIpc) is 2.94. The molecule has 3 aromatic rings. The molecule has 0 saturated carbocycles. The van der Waals surface area contributed by atoms with Crippen LogP contribution in [0.1, 0.15) is 16.1 Å². The minimum absolute atomic E-state index is 0.0281. The van der Waals surface area contributed by atoms with Crippen LogP contribution in [0.15, 0.2) is 30.3 Å². The molecule has 2 aromatic heterocycles. The Morgan fingerprint density at radius 2 is 2.19 bits per heavy atom. The summed E-state index contributed by atoms with van der Waals surface area (Å²) in [5.74, 6) is -0.912. The van der Waals surface area contributed by atoms with Crippen molar-refractivity contribution in [1.29, 1.82) is 0 Å². The second-order valence-corrected chi connectivity index (χ2v) is 7.61. The van der Waals surface area contributed by atoms with Crippen LogP contribution in [-0.2, 0) is 4.84 Å². The van der Waals surface area contributed by atoms with Crippen LogP contribution in [0.5, 0.6) is 0 Å². The number of hydrogen-bond donors (Lipinski definition) is 3. The van der Waals surface area contributed by atoms with E-state index in [4.69, 9.17) is 9.94 Å². The maximum absolute atomic E-state index is 14.2. The fourth-order valence-corrected chi connectivity index (χ4v) is 3.89. The van der Waals surface area contributed by atoms with Gasteiger partial charge in [-0.05, 0) is 59.8 Å². The lowest BCUT2D eigenvalue weighted by atomic mass is 10.2. The number of nitrogens with zero attached hydrogens (tertiary/aromatic N) is 1. The zero-order valence-corrected chi connectivity index (χ0v) is 16.7. The lowest BCUT2D eigenvalue weighted by Gasteiger charge is -2.09. The zero-order valence-electron chi connectivity index (χ0n) is 13.7. The number of fused-ring (bicyclic) bond motifs is 1. The lowest BCUT2D eigenvalue weighted by Crippen LogP contribution is -2.25. The van der Waals surface area contributed by atoms with E-state index < -0.39 is 11.7 Å². The fraction of sp³-hybridized carbons (Fsp3) is 0.176. The number of aryl methyl sites for hydroxylation is 1. The monoisotopic (exact) mass is 487 g/mol. The van der Waals surface area contributed by atoms with E-state index in [0.29, 0.717) is 20.8 Å². The third-order valence-electron chi connectivity index (χ3n) is 3.46. The quantitative estimate of drug-likeness (QED) is 0.280. The highest BCUT2D eigenvalue weighted by molar-refractivity contribution is 14.1. The second kappa shape index (κ2) is 8.25. The molecule has 0 bridgehead atoms. The predicted molar refractivity (Wildman–Crippen MR) is 107 cm³/mol. The molecule has 9 heteroatoms. The Morgan fingerprint density at radius 3 is 2.92 bits per heavy atom. The van der Waals surface area contributed by atoms with Crippen molar-refractivity contribution < 1.29 is 19.1 Å². The van der Waals surface area contributed by atoms with Crippen LogP contribution in [0.4, 0.5) is 15.1 Å². The number of aliphatic hydroxyl groups excluding tert-OH is 1. The molecule has 136 valence electrons. The average molecular weight is 487 g/mol. The zero-order chi connectivity index (χ0) is 18.7. The van der Waals surface area contributed by atoms with E-state index in [9.17, 15) is 9.18 Å². The Bertz CT molecular complexity index is 964. The highest BCUT2D eigenvalue weighted by Crippen LogP contribution is 2.37. The summed E-state index contributed by atoms with van der Waals surface area (Å²) in [4.78, 5) is 22.6. The maximum atomic E-state index is 14.2. The third-order valence-corrected chi connectivity index (χ3v) is 5.15. The van der Waals surface area contributed by atoms with E-state index in [-0.39, 0.29) is 18.9 Å². The number of thiophene rings is 1. The standard InChI is InChI=1S/C17H15FIN3O3S/c1-9-2-4-11-14(15(24)22-25-7-6-23)17(26-16(11)20-9)21-13-5-3-10(19)8-12(13)18/h2-5,8,21,23H,6-7H2,1H3,(H,22,24). The van der Waals surface area contributed by atoms with Gasteiger partial charge in [0.05, 0.1) is 24.5 Å². The SMILES string of the molecule is Cc1ccc2c(C(=O)NOCCO)c(Nc3ccc(I)cc3F)sc2n1. The smallest absolute Gasteiger partial charge is 0.278 e. The molecule has 0 aliphatic rings. The van der Waals surface area contributed by atoms with Crippen molar-refractivity contribution in [1.82, 2.24) is 10.5 Å². The number of pyridine rings is 1. The number of hydrogen-bond acceptors (Lipinski definition) is 6. The van der Waals surface area contributed by atoms with E-state index in [1.54, 1.807) is 24.3 Å². The molecule has 26 heavy (non-hydrogen) atoms. The summed E-state index contributed by atoms with van der Waals surface area (Å²) in [5, 5.41) is 12.9. The Morgan fingerprint density at radius 1 is 1.38 bits per heavy atom. The molecule has 0 spiro atoms. The van der Waals surface area contributed by atoms with Gasteiger partial charge in [-0.25, -0.2) is 14.9 Å². The molecule has 6 nitrogen and oxygen atoms in total. The van der Waals surface area contributed by atoms with Gasteiger partial charge in [-0.15, -0.1) is 0 Å². The Kier molecular flexibility index (Phi) is 6.01. The Labute approximate surface area is 166 Å². The van der Waals surface area contributed by atoms with Gasteiger partial charge in [-0.1, -0.05) is 11.3 Å². The summed E-state index contributed by atoms with van der Waals surface area (Å²) >= 11 is 3.28. The molecule has 0 saturated heterocycles. The Hall–Kier alpha value is -1.82. The van der Waals surface area contributed by atoms with E-state index in [1.165, 1.54) is 17.4 Å². The van der Waals surface area contributed by atoms with E-state index >= 15 is 0 Å². The molecule has 0 atom stereocenters. The second-order valence-electron chi connectivity index (χ2n) is 5.36. The van der Waals surface area contributed by atoms with Crippen molar-refractivity contribution in [2.45, 2.75) is 6.92 Å². The summed E-state index contributed by atoms with van der Waals surface area (Å²) in [6.45, 7) is 1.61. The van der Waals surface area contributed by atoms with Gasteiger partial charge in [0.25, 0.3) is 5.91 Å². The van der Waals surface area contributed by atoms with Crippen LogP contribution in [0.3, 0.4) is 0 Å².